The third-order valence-electron chi connectivity index (χ3n) is 8.51. The van der Waals surface area contributed by atoms with Gasteiger partial charge in [-0.1, -0.05) is 31.2 Å². The number of carboxylic acids is 1. The largest absolute Gasteiger partial charge is 0.477 e. The van der Waals surface area contributed by atoms with Crippen LogP contribution in [0, 0.1) is 5.92 Å². The quantitative estimate of drug-likeness (QED) is 0.241. The van der Waals surface area contributed by atoms with E-state index in [1.165, 1.54) is 11.3 Å². The first kappa shape index (κ1) is 26.0. The number of rotatable bonds is 5. The minimum atomic E-state index is -3.34. The molecule has 1 saturated carbocycles. The molecule has 2 unspecified atom stereocenters. The number of benzene rings is 1. The summed E-state index contributed by atoms with van der Waals surface area (Å²) in [4.78, 5) is 17.9. The molecule has 3 aromatic heterocycles. The zero-order valence-electron chi connectivity index (χ0n) is 22.2. The number of hydrogen-bond donors (Lipinski definition) is 1. The third-order valence-corrected chi connectivity index (χ3v) is 12.8. The monoisotopic (exact) mass is 578 g/mol. The molecule has 0 spiro atoms. The van der Waals surface area contributed by atoms with Gasteiger partial charge in [-0.05, 0) is 61.8 Å². The highest BCUT2D eigenvalue weighted by Gasteiger charge is 2.56. The Morgan fingerprint density at radius 1 is 1.07 bits per heavy atom. The van der Waals surface area contributed by atoms with Crippen molar-refractivity contribution in [1.29, 1.82) is 0 Å². The van der Waals surface area contributed by atoms with Crippen molar-refractivity contribution in [1.82, 2.24) is 4.98 Å². The van der Waals surface area contributed by atoms with Crippen molar-refractivity contribution in [3.05, 3.63) is 59.6 Å². The van der Waals surface area contributed by atoms with Crippen molar-refractivity contribution in [3.8, 4) is 21.8 Å². The van der Waals surface area contributed by atoms with Crippen LogP contribution in [0.3, 0.4) is 0 Å². The minimum Gasteiger partial charge on any atom is -0.477 e. The lowest BCUT2D eigenvalue weighted by atomic mass is 9.91. The van der Waals surface area contributed by atoms with Crippen LogP contribution >= 0.6 is 18.9 Å². The predicted molar refractivity (Wildman–Crippen MR) is 155 cm³/mol. The van der Waals surface area contributed by atoms with E-state index in [0.717, 1.165) is 58.5 Å². The van der Waals surface area contributed by atoms with Crippen molar-refractivity contribution >= 4 is 41.6 Å². The van der Waals surface area contributed by atoms with Gasteiger partial charge < -0.3 is 18.8 Å². The van der Waals surface area contributed by atoms with Gasteiger partial charge in [-0.25, -0.2) is 4.79 Å². The molecule has 1 N–H and O–H groups in total. The zero-order valence-corrected chi connectivity index (χ0v) is 23.9. The highest BCUT2D eigenvalue weighted by atomic mass is 32.1. The average Bonchev–Trinajstić information content (AvgIpc) is 3.67. The first-order valence-corrected chi connectivity index (χ1v) is 16.3. The van der Waals surface area contributed by atoms with Gasteiger partial charge in [0.2, 0.25) is 0 Å². The molecule has 208 valence electrons. The molecule has 40 heavy (non-hydrogen) atoms. The summed E-state index contributed by atoms with van der Waals surface area (Å²) in [6, 6.07) is 15.2. The van der Waals surface area contributed by atoms with Crippen LogP contribution in [0.15, 0.2) is 59.1 Å². The van der Waals surface area contributed by atoms with Crippen LogP contribution in [0.5, 0.6) is 0 Å². The van der Waals surface area contributed by atoms with Crippen molar-refractivity contribution in [2.24, 2.45) is 5.92 Å². The Morgan fingerprint density at radius 3 is 2.60 bits per heavy atom. The standard InChI is InChI=1S/C30H31N2O6PS/c1-18-4-10-21(11-5-18)39(35)32(23-12-14-36-17-27(23)38-39)24-16-28(40-29(24)30(33)34)20-8-6-19(7-9-20)26-15-22-25(37-26)3-2-13-31-22/h2-3,6-9,13,15-16,18,21,23,27H,4-5,10-12,14,17H2,1H3,(H,33,34)/t18?,21?,23?,27?,39-/m1/s1. The summed E-state index contributed by atoms with van der Waals surface area (Å²) in [5.41, 5.74) is 3.74. The van der Waals surface area contributed by atoms with E-state index >= 15 is 0 Å². The number of fused-ring (bicyclic) bond motifs is 2. The molecular formula is C30H31N2O6PS. The first-order valence-electron chi connectivity index (χ1n) is 13.9. The Bertz CT molecular complexity index is 1570. The number of thiophene rings is 1. The first-order chi connectivity index (χ1) is 19.4. The van der Waals surface area contributed by atoms with Gasteiger partial charge in [0.1, 0.15) is 22.3 Å². The fourth-order valence-electron chi connectivity index (χ4n) is 6.35. The molecule has 5 heterocycles. The van der Waals surface area contributed by atoms with Crippen LogP contribution in [0.4, 0.5) is 5.69 Å². The van der Waals surface area contributed by atoms with Crippen LogP contribution in [0.1, 0.15) is 48.7 Å². The smallest absolute Gasteiger partial charge is 0.348 e. The molecular weight excluding hydrogens is 547 g/mol. The molecule has 8 nitrogen and oxygen atoms in total. The van der Waals surface area contributed by atoms with Crippen LogP contribution in [-0.2, 0) is 13.8 Å². The van der Waals surface area contributed by atoms with Gasteiger partial charge in [0.05, 0.1) is 24.0 Å². The molecule has 7 rings (SSSR count). The van der Waals surface area contributed by atoms with E-state index in [1.54, 1.807) is 6.20 Å². The molecule has 3 atom stereocenters. The number of aromatic carboxylic acids is 1. The van der Waals surface area contributed by atoms with Crippen molar-refractivity contribution < 1.29 is 28.1 Å². The molecule has 1 aromatic carbocycles. The lowest BCUT2D eigenvalue weighted by Gasteiger charge is -2.37. The number of anilines is 1. The number of aromatic nitrogens is 1. The zero-order chi connectivity index (χ0) is 27.4. The van der Waals surface area contributed by atoms with Gasteiger partial charge in [0.25, 0.3) is 7.52 Å². The fourth-order valence-corrected chi connectivity index (χ4v) is 10.7. The second-order valence-corrected chi connectivity index (χ2v) is 14.7. The van der Waals surface area contributed by atoms with E-state index in [9.17, 15) is 14.5 Å². The third kappa shape index (κ3) is 4.40. The normalized spacial score (nSPS) is 28.6. The molecule has 2 aliphatic heterocycles. The van der Waals surface area contributed by atoms with Crippen molar-refractivity contribution in [2.45, 2.75) is 56.8 Å². The van der Waals surface area contributed by atoms with Gasteiger partial charge in [0.15, 0.2) is 5.58 Å². The summed E-state index contributed by atoms with van der Waals surface area (Å²) in [7, 11) is -3.34. The second kappa shape index (κ2) is 10.1. The number of carboxylic acid groups (broad SMARTS) is 1. The Balaban J connectivity index is 1.26. The molecule has 3 aliphatic rings. The summed E-state index contributed by atoms with van der Waals surface area (Å²) in [5.74, 6) is 0.309. The second-order valence-electron chi connectivity index (χ2n) is 11.1. The van der Waals surface area contributed by atoms with E-state index < -0.39 is 13.5 Å². The SMILES string of the molecule is CC1CCC([P@@]2(=O)OC3COCCC3N2c2cc(-c3ccc(-c4cc5ncccc5o4)cc3)sc2C(=O)O)CC1. The summed E-state index contributed by atoms with van der Waals surface area (Å²) in [6.45, 7) is 3.16. The fraction of sp³-hybridized carbons (Fsp3) is 0.400. The highest BCUT2D eigenvalue weighted by Crippen LogP contribution is 2.68. The van der Waals surface area contributed by atoms with Gasteiger partial charge in [-0.15, -0.1) is 11.3 Å². The predicted octanol–water partition coefficient (Wildman–Crippen LogP) is 7.69. The summed E-state index contributed by atoms with van der Waals surface area (Å²) in [5, 5.41) is 10.3. The molecule has 0 bridgehead atoms. The summed E-state index contributed by atoms with van der Waals surface area (Å²) >= 11 is 1.22. The summed E-state index contributed by atoms with van der Waals surface area (Å²) in [6.07, 6.45) is 5.74. The number of hydrogen-bond acceptors (Lipinski definition) is 7. The Labute approximate surface area is 236 Å². The van der Waals surface area contributed by atoms with Crippen LogP contribution < -0.4 is 4.67 Å². The lowest BCUT2D eigenvalue weighted by Crippen LogP contribution is -2.42. The molecule has 10 heteroatoms. The van der Waals surface area contributed by atoms with Crippen LogP contribution in [0.2, 0.25) is 0 Å². The number of nitrogens with zero attached hydrogens (tertiary/aromatic N) is 2. The van der Waals surface area contributed by atoms with Crippen LogP contribution in [0.25, 0.3) is 32.9 Å². The summed E-state index contributed by atoms with van der Waals surface area (Å²) < 4.78 is 34.7. The number of ether oxygens (including phenoxy) is 1. The maximum Gasteiger partial charge on any atom is 0.348 e. The molecule has 3 fully saturated rings. The number of carbonyl (C=O) groups is 1. The molecule has 1 aliphatic carbocycles. The Morgan fingerprint density at radius 2 is 1.85 bits per heavy atom. The Hall–Kier alpha value is -2.97. The van der Waals surface area contributed by atoms with Gasteiger partial charge in [-0.2, -0.15) is 0 Å². The van der Waals surface area contributed by atoms with Gasteiger partial charge >= 0.3 is 5.97 Å². The maximum absolute atomic E-state index is 14.8. The van der Waals surface area contributed by atoms with Crippen molar-refractivity contribution in [3.63, 3.8) is 0 Å². The lowest BCUT2D eigenvalue weighted by molar-refractivity contribution is 0.0114. The molecule has 0 radical (unpaired) electrons. The van der Waals surface area contributed by atoms with Gasteiger partial charge in [0, 0.05) is 29.3 Å². The van der Waals surface area contributed by atoms with E-state index in [-0.39, 0.29) is 22.7 Å². The highest BCUT2D eigenvalue weighted by molar-refractivity contribution is 7.62. The van der Waals surface area contributed by atoms with E-state index in [0.29, 0.717) is 31.2 Å². The molecule has 4 aromatic rings. The Kier molecular flexibility index (Phi) is 6.58. The van der Waals surface area contributed by atoms with E-state index in [4.69, 9.17) is 13.7 Å². The minimum absolute atomic E-state index is 0.100. The topological polar surface area (TPSA) is 102 Å². The van der Waals surface area contributed by atoms with Crippen molar-refractivity contribution in [2.75, 3.05) is 17.9 Å². The average molecular weight is 579 g/mol. The van der Waals surface area contributed by atoms with Gasteiger partial charge in [-0.3, -0.25) is 14.2 Å². The molecule has 2 saturated heterocycles. The van der Waals surface area contributed by atoms with Crippen LogP contribution in [-0.4, -0.2) is 47.1 Å². The number of furan rings is 1. The number of pyridine rings is 1. The van der Waals surface area contributed by atoms with E-state index in [2.05, 4.69) is 11.9 Å². The van der Waals surface area contributed by atoms with E-state index in [1.807, 2.05) is 53.2 Å². The maximum atomic E-state index is 14.8. The molecule has 0 amide bonds.